The van der Waals surface area contributed by atoms with Gasteiger partial charge in [-0.2, -0.15) is 0 Å². The lowest BCUT2D eigenvalue weighted by Gasteiger charge is -2.27. The summed E-state index contributed by atoms with van der Waals surface area (Å²) in [6, 6.07) is 16.1. The zero-order chi connectivity index (χ0) is 19.1. The van der Waals surface area contributed by atoms with Gasteiger partial charge in [-0.3, -0.25) is 4.79 Å². The molecule has 0 radical (unpaired) electrons. The highest BCUT2D eigenvalue weighted by molar-refractivity contribution is 5.92. The van der Waals surface area contributed by atoms with Crippen molar-refractivity contribution in [3.05, 3.63) is 59.7 Å². The maximum absolute atomic E-state index is 12.5. The number of nitrogens with one attached hydrogen (secondary N) is 2. The molecule has 2 aromatic carbocycles. The fourth-order valence-corrected chi connectivity index (χ4v) is 3.36. The molecule has 1 aliphatic rings. The smallest absolute Gasteiger partial charge is 0.227 e. The summed E-state index contributed by atoms with van der Waals surface area (Å²) in [5.41, 5.74) is 2.97. The van der Waals surface area contributed by atoms with Crippen molar-refractivity contribution in [2.24, 2.45) is 5.92 Å². The summed E-state index contributed by atoms with van der Waals surface area (Å²) in [5.74, 6) is 1.03. The summed E-state index contributed by atoms with van der Waals surface area (Å²) in [6.45, 7) is 4.06. The van der Waals surface area contributed by atoms with Gasteiger partial charge in [0.25, 0.3) is 0 Å². The summed E-state index contributed by atoms with van der Waals surface area (Å²) >= 11 is 0. The second-order valence-corrected chi connectivity index (χ2v) is 7.11. The van der Waals surface area contributed by atoms with Crippen molar-refractivity contribution in [3.63, 3.8) is 0 Å². The molecule has 0 bridgehead atoms. The number of rotatable bonds is 7. The first-order valence-electron chi connectivity index (χ1n) is 9.48. The Morgan fingerprint density at radius 1 is 1.15 bits per heavy atom. The molecule has 1 fully saturated rings. The zero-order valence-electron chi connectivity index (χ0n) is 16.0. The highest BCUT2D eigenvalue weighted by atomic mass is 16.5. The largest absolute Gasteiger partial charge is 0.497 e. The third-order valence-corrected chi connectivity index (χ3v) is 4.89. The van der Waals surface area contributed by atoms with Gasteiger partial charge >= 0.3 is 0 Å². The van der Waals surface area contributed by atoms with E-state index in [-0.39, 0.29) is 11.8 Å². The van der Waals surface area contributed by atoms with Crippen LogP contribution < -0.4 is 15.4 Å². The number of carbonyl (C=O) groups is 1. The average molecular weight is 368 g/mol. The second kappa shape index (κ2) is 9.53. The Kier molecular flexibility index (Phi) is 6.85. The van der Waals surface area contributed by atoms with Gasteiger partial charge in [0.05, 0.1) is 20.3 Å². The first-order chi connectivity index (χ1) is 13.1. The number of carbonyl (C=O) groups excluding carboxylic acids is 1. The van der Waals surface area contributed by atoms with Gasteiger partial charge < -0.3 is 20.1 Å². The van der Waals surface area contributed by atoms with Crippen molar-refractivity contribution in [1.29, 1.82) is 0 Å². The van der Waals surface area contributed by atoms with Gasteiger partial charge in [0.2, 0.25) is 5.91 Å². The van der Waals surface area contributed by atoms with E-state index < -0.39 is 0 Å². The van der Waals surface area contributed by atoms with Crippen LogP contribution in [0.4, 0.5) is 5.69 Å². The fraction of sp³-hybridized carbons (Fsp3) is 0.409. The van der Waals surface area contributed by atoms with Crippen LogP contribution in [-0.4, -0.2) is 25.6 Å². The van der Waals surface area contributed by atoms with Crippen molar-refractivity contribution in [3.8, 4) is 5.75 Å². The minimum Gasteiger partial charge on any atom is -0.497 e. The normalized spacial score (nSPS) is 19.5. The lowest BCUT2D eigenvalue weighted by atomic mass is 9.92. The minimum atomic E-state index is 0.0798. The molecule has 5 nitrogen and oxygen atoms in total. The van der Waals surface area contributed by atoms with Crippen LogP contribution in [0.15, 0.2) is 48.5 Å². The average Bonchev–Trinajstić information content (AvgIpc) is 2.69. The number of hydrogen-bond donors (Lipinski definition) is 2. The molecule has 1 saturated heterocycles. The van der Waals surface area contributed by atoms with Crippen LogP contribution in [0, 0.1) is 5.92 Å². The highest BCUT2D eigenvalue weighted by Crippen LogP contribution is 2.20. The molecule has 0 spiro atoms. The Hall–Kier alpha value is -2.37. The predicted molar refractivity (Wildman–Crippen MR) is 107 cm³/mol. The SMILES string of the molecule is COc1ccc(COCc2cccc(NC(=O)[C@H]3CCN[C@@H](C)C3)c2)cc1. The van der Waals surface area contributed by atoms with Crippen LogP contribution >= 0.6 is 0 Å². The van der Waals surface area contributed by atoms with Gasteiger partial charge in [-0.25, -0.2) is 0 Å². The number of amides is 1. The molecule has 0 aliphatic carbocycles. The van der Waals surface area contributed by atoms with E-state index in [2.05, 4.69) is 17.6 Å². The van der Waals surface area contributed by atoms with E-state index in [0.717, 1.165) is 42.0 Å². The molecule has 1 aliphatic heterocycles. The monoisotopic (exact) mass is 368 g/mol. The molecule has 3 rings (SSSR count). The molecule has 2 aromatic rings. The first kappa shape index (κ1) is 19.4. The number of ether oxygens (including phenoxy) is 2. The van der Waals surface area contributed by atoms with Gasteiger partial charge in [-0.05, 0) is 61.7 Å². The van der Waals surface area contributed by atoms with Crippen LogP contribution in [0.5, 0.6) is 5.75 Å². The topological polar surface area (TPSA) is 59.6 Å². The molecule has 144 valence electrons. The summed E-state index contributed by atoms with van der Waals surface area (Å²) < 4.78 is 11.0. The Labute approximate surface area is 161 Å². The van der Waals surface area contributed by atoms with E-state index in [1.807, 2.05) is 48.5 Å². The lowest BCUT2D eigenvalue weighted by molar-refractivity contribution is -0.120. The molecule has 0 unspecified atom stereocenters. The summed E-state index contributed by atoms with van der Waals surface area (Å²) in [4.78, 5) is 12.5. The maximum Gasteiger partial charge on any atom is 0.227 e. The predicted octanol–water partition coefficient (Wildman–Crippen LogP) is 3.74. The van der Waals surface area contributed by atoms with Gasteiger partial charge in [0, 0.05) is 17.6 Å². The van der Waals surface area contributed by atoms with E-state index in [9.17, 15) is 4.79 Å². The van der Waals surface area contributed by atoms with Crippen molar-refractivity contribution in [2.75, 3.05) is 19.0 Å². The van der Waals surface area contributed by atoms with Gasteiger partial charge in [-0.15, -0.1) is 0 Å². The van der Waals surface area contributed by atoms with Crippen molar-refractivity contribution < 1.29 is 14.3 Å². The number of methoxy groups -OCH3 is 1. The molecule has 2 atom stereocenters. The summed E-state index contributed by atoms with van der Waals surface area (Å²) in [7, 11) is 1.66. The van der Waals surface area contributed by atoms with Crippen molar-refractivity contribution >= 4 is 11.6 Å². The van der Waals surface area contributed by atoms with Gasteiger partial charge in [0.15, 0.2) is 0 Å². The number of piperidine rings is 1. The van der Waals surface area contributed by atoms with Crippen LogP contribution in [0.3, 0.4) is 0 Å². The third kappa shape index (κ3) is 5.81. The molecule has 0 saturated carbocycles. The minimum absolute atomic E-state index is 0.0798. The van der Waals surface area contributed by atoms with Crippen molar-refractivity contribution in [1.82, 2.24) is 5.32 Å². The zero-order valence-corrected chi connectivity index (χ0v) is 16.0. The maximum atomic E-state index is 12.5. The van der Waals surface area contributed by atoms with E-state index in [0.29, 0.717) is 19.3 Å². The molecular weight excluding hydrogens is 340 g/mol. The van der Waals surface area contributed by atoms with Crippen LogP contribution in [-0.2, 0) is 22.7 Å². The molecule has 2 N–H and O–H groups in total. The lowest BCUT2D eigenvalue weighted by Crippen LogP contribution is -2.40. The number of benzene rings is 2. The van der Waals surface area contributed by atoms with E-state index in [1.165, 1.54) is 0 Å². The molecular formula is C22H28N2O3. The van der Waals surface area contributed by atoms with E-state index in [1.54, 1.807) is 7.11 Å². The highest BCUT2D eigenvalue weighted by Gasteiger charge is 2.24. The second-order valence-electron chi connectivity index (χ2n) is 7.11. The van der Waals surface area contributed by atoms with Crippen molar-refractivity contribution in [2.45, 2.75) is 39.0 Å². The van der Waals surface area contributed by atoms with E-state index >= 15 is 0 Å². The fourth-order valence-electron chi connectivity index (χ4n) is 3.36. The number of anilines is 1. The van der Waals surface area contributed by atoms with Gasteiger partial charge in [0.1, 0.15) is 5.75 Å². The molecule has 5 heteroatoms. The molecule has 1 amide bonds. The molecule has 27 heavy (non-hydrogen) atoms. The Balaban J connectivity index is 1.50. The summed E-state index contributed by atoms with van der Waals surface area (Å²) in [5, 5.41) is 6.44. The Bertz CT molecular complexity index is 745. The Morgan fingerprint density at radius 3 is 2.67 bits per heavy atom. The standard InChI is InChI=1S/C22H28N2O3/c1-16-12-19(10-11-23-16)22(25)24-20-5-3-4-18(13-20)15-27-14-17-6-8-21(26-2)9-7-17/h3-9,13,16,19,23H,10-12,14-15H2,1-2H3,(H,24,25)/t16-,19-/m0/s1. The van der Waals surface area contributed by atoms with Crippen LogP contribution in [0.2, 0.25) is 0 Å². The quantitative estimate of drug-likeness (QED) is 0.782. The van der Waals surface area contributed by atoms with Crippen LogP contribution in [0.1, 0.15) is 30.9 Å². The molecule has 1 heterocycles. The van der Waals surface area contributed by atoms with Gasteiger partial charge in [-0.1, -0.05) is 24.3 Å². The molecule has 0 aromatic heterocycles. The Morgan fingerprint density at radius 2 is 1.93 bits per heavy atom. The van der Waals surface area contributed by atoms with Crippen LogP contribution in [0.25, 0.3) is 0 Å². The number of hydrogen-bond acceptors (Lipinski definition) is 4. The third-order valence-electron chi connectivity index (χ3n) is 4.89. The summed E-state index contributed by atoms with van der Waals surface area (Å²) in [6.07, 6.45) is 1.78. The first-order valence-corrected chi connectivity index (χ1v) is 9.48. The van der Waals surface area contributed by atoms with E-state index in [4.69, 9.17) is 9.47 Å².